The van der Waals surface area contributed by atoms with Gasteiger partial charge in [-0.25, -0.2) is 0 Å². The molecule has 0 aromatic heterocycles. The second kappa shape index (κ2) is 7.54. The Kier molecular flexibility index (Phi) is 5.63. The zero-order valence-corrected chi connectivity index (χ0v) is 19.3. The van der Waals surface area contributed by atoms with Crippen LogP contribution in [0.5, 0.6) is 0 Å². The van der Waals surface area contributed by atoms with Crippen LogP contribution in [-0.4, -0.2) is 0 Å². The Bertz CT molecular complexity index is 863. The first-order valence-corrected chi connectivity index (χ1v) is 11.0. The molecule has 0 radical (unpaired) electrons. The van der Waals surface area contributed by atoms with Gasteiger partial charge in [0.05, 0.1) is 0 Å². The van der Waals surface area contributed by atoms with Crippen molar-refractivity contribution in [2.75, 3.05) is 0 Å². The molecule has 28 heavy (non-hydrogen) atoms. The topological polar surface area (TPSA) is 0 Å². The van der Waals surface area contributed by atoms with Crippen LogP contribution in [0.15, 0.2) is 35.9 Å². The molecule has 0 spiro atoms. The average Bonchev–Trinajstić information content (AvgIpc) is 3.03. The molecule has 0 atom stereocenters. The zero-order valence-electron chi connectivity index (χ0n) is 19.3. The number of benzene rings is 2. The van der Waals surface area contributed by atoms with Gasteiger partial charge in [-0.3, -0.25) is 0 Å². The molecule has 0 fully saturated rings. The molecular weight excluding hydrogens is 336 g/mol. The molecule has 1 aliphatic rings. The molecule has 0 heteroatoms. The highest BCUT2D eigenvalue weighted by Gasteiger charge is 2.24. The fraction of sp³-hybridized carbons (Fsp3) is 0.500. The smallest absolute Gasteiger partial charge is 0.00577 e. The van der Waals surface area contributed by atoms with E-state index in [0.29, 0.717) is 0 Å². The van der Waals surface area contributed by atoms with Crippen LogP contribution in [0.25, 0.3) is 17.2 Å². The third kappa shape index (κ3) is 4.12. The maximum atomic E-state index is 2.48. The minimum absolute atomic E-state index is 0.142. The van der Waals surface area contributed by atoms with Crippen LogP contribution in [0.4, 0.5) is 0 Å². The Labute approximate surface area is 173 Å². The lowest BCUT2D eigenvalue weighted by molar-refractivity contribution is 0.569. The van der Waals surface area contributed by atoms with E-state index in [2.05, 4.69) is 91.8 Å². The molecule has 2 aromatic carbocycles. The van der Waals surface area contributed by atoms with Gasteiger partial charge in [-0.1, -0.05) is 104 Å². The lowest BCUT2D eigenvalue weighted by atomic mass is 9.78. The molecule has 0 saturated heterocycles. The van der Waals surface area contributed by atoms with E-state index in [-0.39, 0.29) is 10.8 Å². The van der Waals surface area contributed by atoms with Crippen molar-refractivity contribution in [3.63, 3.8) is 0 Å². The molecule has 0 bridgehead atoms. The highest BCUT2D eigenvalue weighted by molar-refractivity contribution is 5.84. The van der Waals surface area contributed by atoms with Gasteiger partial charge in [0.2, 0.25) is 0 Å². The van der Waals surface area contributed by atoms with Crippen molar-refractivity contribution in [2.45, 2.75) is 91.9 Å². The van der Waals surface area contributed by atoms with Crippen LogP contribution >= 0.6 is 0 Å². The maximum Gasteiger partial charge on any atom is -0.00577 e. The normalized spacial score (nSPS) is 14.2. The van der Waals surface area contributed by atoms with Crippen molar-refractivity contribution in [3.8, 4) is 11.1 Å². The van der Waals surface area contributed by atoms with E-state index >= 15 is 0 Å². The quantitative estimate of drug-likeness (QED) is 0.505. The summed E-state index contributed by atoms with van der Waals surface area (Å²) in [7, 11) is 0. The lowest BCUT2D eigenvalue weighted by Crippen LogP contribution is -2.16. The van der Waals surface area contributed by atoms with Crippen LogP contribution in [0.3, 0.4) is 0 Å². The summed E-state index contributed by atoms with van der Waals surface area (Å²) in [4.78, 5) is 0. The van der Waals surface area contributed by atoms with E-state index in [0.717, 1.165) is 19.3 Å². The number of allylic oxidation sites excluding steroid dienone is 1. The van der Waals surface area contributed by atoms with Crippen LogP contribution in [0.1, 0.15) is 96.0 Å². The Morgan fingerprint density at radius 2 is 1.43 bits per heavy atom. The van der Waals surface area contributed by atoms with Gasteiger partial charge in [0.25, 0.3) is 0 Å². The van der Waals surface area contributed by atoms with Gasteiger partial charge in [0.1, 0.15) is 0 Å². The summed E-state index contributed by atoms with van der Waals surface area (Å²) in [6, 6.07) is 12.1. The number of hydrogen-bond donors (Lipinski definition) is 0. The Hall–Kier alpha value is -1.82. The summed E-state index contributed by atoms with van der Waals surface area (Å²) in [5.74, 6) is 0. The van der Waals surface area contributed by atoms with Crippen molar-refractivity contribution in [2.24, 2.45) is 0 Å². The molecule has 0 amide bonds. The summed E-state index contributed by atoms with van der Waals surface area (Å²) in [5.41, 5.74) is 12.1. The third-order valence-electron chi connectivity index (χ3n) is 6.12. The molecule has 0 nitrogen and oxygen atoms in total. The second-order valence-electron chi connectivity index (χ2n) is 10.6. The van der Waals surface area contributed by atoms with Crippen molar-refractivity contribution in [3.05, 3.63) is 63.7 Å². The third-order valence-corrected chi connectivity index (χ3v) is 6.12. The highest BCUT2D eigenvalue weighted by Crippen LogP contribution is 2.41. The molecule has 0 saturated carbocycles. The largest absolute Gasteiger partial charge is 0.0655 e. The summed E-state index contributed by atoms with van der Waals surface area (Å²) in [5, 5.41) is 0. The van der Waals surface area contributed by atoms with E-state index < -0.39 is 0 Å². The second-order valence-corrected chi connectivity index (χ2v) is 10.6. The fourth-order valence-corrected chi connectivity index (χ4v) is 4.21. The van der Waals surface area contributed by atoms with Crippen LogP contribution < -0.4 is 0 Å². The molecular formula is C28H38. The number of hydrogen-bond acceptors (Lipinski definition) is 0. The van der Waals surface area contributed by atoms with Gasteiger partial charge >= 0.3 is 0 Å². The van der Waals surface area contributed by atoms with Crippen LogP contribution in [0.2, 0.25) is 0 Å². The first-order valence-electron chi connectivity index (χ1n) is 11.0. The summed E-state index contributed by atoms with van der Waals surface area (Å²) in [6.07, 6.45) is 7.07. The average molecular weight is 375 g/mol. The molecule has 0 heterocycles. The van der Waals surface area contributed by atoms with Crippen molar-refractivity contribution in [1.82, 2.24) is 0 Å². The van der Waals surface area contributed by atoms with Crippen molar-refractivity contribution >= 4 is 6.08 Å². The molecule has 0 unspecified atom stereocenters. The minimum atomic E-state index is 0.142. The van der Waals surface area contributed by atoms with E-state index in [4.69, 9.17) is 0 Å². The first-order chi connectivity index (χ1) is 13.0. The number of aryl methyl sites for hydroxylation is 1. The Balaban J connectivity index is 2.31. The monoisotopic (exact) mass is 374 g/mol. The first kappa shape index (κ1) is 20.9. The predicted molar refractivity (Wildman–Crippen MR) is 125 cm³/mol. The van der Waals surface area contributed by atoms with Crippen LogP contribution in [-0.2, 0) is 23.7 Å². The molecule has 3 rings (SSSR count). The van der Waals surface area contributed by atoms with E-state index in [1.165, 1.54) is 45.4 Å². The van der Waals surface area contributed by atoms with Crippen molar-refractivity contribution in [1.29, 1.82) is 0 Å². The number of rotatable bonds is 4. The summed E-state index contributed by atoms with van der Waals surface area (Å²) >= 11 is 0. The van der Waals surface area contributed by atoms with Gasteiger partial charge in [0.15, 0.2) is 0 Å². The minimum Gasteiger partial charge on any atom is -0.0655 e. The highest BCUT2D eigenvalue weighted by atomic mass is 14.3. The summed E-state index contributed by atoms with van der Waals surface area (Å²) < 4.78 is 0. The lowest BCUT2D eigenvalue weighted by Gasteiger charge is -2.27. The van der Waals surface area contributed by atoms with Gasteiger partial charge in [0, 0.05) is 0 Å². The maximum absolute atomic E-state index is 2.48. The van der Waals surface area contributed by atoms with Gasteiger partial charge < -0.3 is 0 Å². The standard InChI is InChI=1S/C28H38/c1-9-11-20-12-13-21-14-19(10-2)15-25(21)26(20)22-16-23(27(3,4)5)18-24(17-22)28(6,7)8/h12-13,15-18H,9-11,14H2,1-8H3. The molecule has 1 aliphatic carbocycles. The molecule has 150 valence electrons. The SMILES string of the molecule is CCCc1ccc2c(c1-c1cc(C(C)(C)C)cc(C(C)(C)C)c1)C=C(CC)C2. The van der Waals surface area contributed by atoms with Gasteiger partial charge in [-0.2, -0.15) is 0 Å². The fourth-order valence-electron chi connectivity index (χ4n) is 4.21. The zero-order chi connectivity index (χ0) is 20.7. The summed E-state index contributed by atoms with van der Waals surface area (Å²) in [6.45, 7) is 18.5. The van der Waals surface area contributed by atoms with Crippen LogP contribution in [0, 0.1) is 0 Å². The number of fused-ring (bicyclic) bond motifs is 1. The van der Waals surface area contributed by atoms with Gasteiger partial charge in [-0.15, -0.1) is 0 Å². The Morgan fingerprint density at radius 1 is 0.821 bits per heavy atom. The molecule has 0 aliphatic heterocycles. The predicted octanol–water partition coefficient (Wildman–Crippen LogP) is 8.25. The van der Waals surface area contributed by atoms with E-state index in [9.17, 15) is 0 Å². The molecule has 0 N–H and O–H groups in total. The van der Waals surface area contributed by atoms with Crippen molar-refractivity contribution < 1.29 is 0 Å². The van der Waals surface area contributed by atoms with Gasteiger partial charge in [-0.05, 0) is 69.0 Å². The van der Waals surface area contributed by atoms with E-state index in [1.807, 2.05) is 0 Å². The molecule has 2 aromatic rings. The Morgan fingerprint density at radius 3 is 1.93 bits per heavy atom. The van der Waals surface area contributed by atoms with E-state index in [1.54, 1.807) is 5.57 Å².